The molecule has 4 bridgehead atoms. The number of rotatable bonds is 7. The van der Waals surface area contributed by atoms with Gasteiger partial charge in [0.2, 0.25) is 0 Å². The normalized spacial score (nSPS) is 20.7. The van der Waals surface area contributed by atoms with Crippen molar-refractivity contribution in [3.63, 3.8) is 0 Å². The van der Waals surface area contributed by atoms with Crippen molar-refractivity contribution in [1.82, 2.24) is 15.0 Å². The van der Waals surface area contributed by atoms with Gasteiger partial charge in [-0.15, -0.1) is 0 Å². The van der Waals surface area contributed by atoms with Crippen LogP contribution in [0.25, 0.3) is 89.5 Å². The van der Waals surface area contributed by atoms with Crippen LogP contribution in [0, 0.1) is 17.8 Å². The average Bonchev–Trinajstić information content (AvgIpc) is 3.66. The van der Waals surface area contributed by atoms with Crippen LogP contribution in [-0.4, -0.2) is 15.0 Å². The van der Waals surface area contributed by atoms with Crippen molar-refractivity contribution < 1.29 is 4.42 Å². The van der Waals surface area contributed by atoms with Crippen molar-refractivity contribution in [1.29, 1.82) is 0 Å². The Bertz CT molecular complexity index is 2970. The lowest BCUT2D eigenvalue weighted by Crippen LogP contribution is -2.48. The quantitative estimate of drug-likeness (QED) is 0.162. The standard InChI is InChI=1S/C55H43N3O/c1-3-8-38(9-4-1)44-20-24-48-49-25-21-45(31-51(49)59-50(48)30-44)39-14-16-42(17-15-39)53-56-52(41-10-5-2-6-11-41)57-54(58-53)46-13-7-12-43(29-46)40-18-22-47(23-19-40)55-32-35-26-36(33-55)28-37(27-35)34-55/h1-25,29-31,35-37H,26-28,32-34H2. The van der Waals surface area contributed by atoms with Crippen LogP contribution in [0.2, 0.25) is 0 Å². The number of hydrogen-bond acceptors (Lipinski definition) is 4. The third-order valence-electron chi connectivity index (χ3n) is 13.7. The van der Waals surface area contributed by atoms with E-state index in [0.29, 0.717) is 22.9 Å². The molecule has 2 heterocycles. The number of fused-ring (bicyclic) bond motifs is 3. The molecule has 284 valence electrons. The SMILES string of the molecule is c1ccc(-c2ccc3c(c2)oc2cc(-c4ccc(-c5nc(-c6ccccc6)nc(-c6cccc(-c7ccc(C89CC%10CC(CC(C%10)C8)C9)cc7)c6)n5)cc4)ccc23)cc1. The molecule has 9 aromatic rings. The molecule has 0 spiro atoms. The Morgan fingerprint density at radius 1 is 0.356 bits per heavy atom. The molecule has 4 fully saturated rings. The van der Waals surface area contributed by atoms with Crippen molar-refractivity contribution >= 4 is 21.9 Å². The molecule has 0 N–H and O–H groups in total. The zero-order valence-corrected chi connectivity index (χ0v) is 32.9. The van der Waals surface area contributed by atoms with Crippen LogP contribution in [0.4, 0.5) is 0 Å². The van der Waals surface area contributed by atoms with E-state index >= 15 is 0 Å². The molecule has 4 aliphatic rings. The molecule has 0 radical (unpaired) electrons. The van der Waals surface area contributed by atoms with Crippen molar-refractivity contribution in [3.8, 4) is 67.5 Å². The summed E-state index contributed by atoms with van der Waals surface area (Å²) in [6.45, 7) is 0. The minimum atomic E-state index is 0.401. The van der Waals surface area contributed by atoms with Crippen LogP contribution in [0.1, 0.15) is 44.1 Å². The van der Waals surface area contributed by atoms with Gasteiger partial charge in [-0.25, -0.2) is 15.0 Å². The zero-order valence-electron chi connectivity index (χ0n) is 32.9. The smallest absolute Gasteiger partial charge is 0.164 e. The molecule has 7 aromatic carbocycles. The molecule has 2 aromatic heterocycles. The highest BCUT2D eigenvalue weighted by Gasteiger charge is 2.51. The van der Waals surface area contributed by atoms with Gasteiger partial charge in [0.05, 0.1) is 0 Å². The van der Waals surface area contributed by atoms with Crippen LogP contribution < -0.4 is 0 Å². The highest BCUT2D eigenvalue weighted by atomic mass is 16.3. The summed E-state index contributed by atoms with van der Waals surface area (Å²) in [6, 6.07) is 60.3. The number of benzene rings is 7. The van der Waals surface area contributed by atoms with Crippen LogP contribution in [0.5, 0.6) is 0 Å². The van der Waals surface area contributed by atoms with E-state index in [-0.39, 0.29) is 0 Å². The maximum absolute atomic E-state index is 6.44. The van der Waals surface area contributed by atoms with Crippen LogP contribution in [0.3, 0.4) is 0 Å². The first-order valence-corrected chi connectivity index (χ1v) is 21.2. The fraction of sp³-hybridized carbons (Fsp3) is 0.182. The Labute approximate surface area is 344 Å². The predicted molar refractivity (Wildman–Crippen MR) is 240 cm³/mol. The highest BCUT2D eigenvalue weighted by Crippen LogP contribution is 2.60. The van der Waals surface area contributed by atoms with E-state index in [0.717, 1.165) is 73.1 Å². The Morgan fingerprint density at radius 3 is 1.31 bits per heavy atom. The monoisotopic (exact) mass is 761 g/mol. The van der Waals surface area contributed by atoms with Crippen molar-refractivity contribution in [2.24, 2.45) is 17.8 Å². The topological polar surface area (TPSA) is 51.8 Å². The van der Waals surface area contributed by atoms with E-state index in [9.17, 15) is 0 Å². The maximum atomic E-state index is 6.44. The second-order valence-electron chi connectivity index (χ2n) is 17.5. The molecule has 0 unspecified atom stereocenters. The van der Waals surface area contributed by atoms with Gasteiger partial charge in [0.25, 0.3) is 0 Å². The maximum Gasteiger partial charge on any atom is 0.164 e. The van der Waals surface area contributed by atoms with E-state index in [4.69, 9.17) is 19.4 Å². The molecule has 0 atom stereocenters. The first-order chi connectivity index (χ1) is 29.1. The molecule has 4 nitrogen and oxygen atoms in total. The van der Waals surface area contributed by atoms with E-state index in [1.807, 2.05) is 24.3 Å². The van der Waals surface area contributed by atoms with E-state index in [2.05, 4.69) is 146 Å². The second-order valence-corrected chi connectivity index (χ2v) is 17.5. The lowest BCUT2D eigenvalue weighted by molar-refractivity contribution is -0.00518. The minimum absolute atomic E-state index is 0.401. The average molecular weight is 762 g/mol. The van der Waals surface area contributed by atoms with Gasteiger partial charge in [-0.2, -0.15) is 0 Å². The summed E-state index contributed by atoms with van der Waals surface area (Å²) in [5.74, 6) is 4.79. The van der Waals surface area contributed by atoms with Gasteiger partial charge in [-0.3, -0.25) is 0 Å². The molecule has 4 saturated carbocycles. The Morgan fingerprint density at radius 2 is 0.746 bits per heavy atom. The van der Waals surface area contributed by atoms with E-state index in [1.54, 1.807) is 5.56 Å². The van der Waals surface area contributed by atoms with Gasteiger partial charge in [0.1, 0.15) is 11.2 Å². The summed E-state index contributed by atoms with van der Waals surface area (Å²) in [4.78, 5) is 15.2. The summed E-state index contributed by atoms with van der Waals surface area (Å²) < 4.78 is 6.44. The Balaban J connectivity index is 0.855. The minimum Gasteiger partial charge on any atom is -0.456 e. The molecule has 13 rings (SSSR count). The first kappa shape index (κ1) is 34.4. The molecular weight excluding hydrogens is 719 g/mol. The number of hydrogen-bond donors (Lipinski definition) is 0. The number of furan rings is 1. The Hall–Kier alpha value is -6.65. The van der Waals surface area contributed by atoms with Gasteiger partial charge < -0.3 is 4.42 Å². The van der Waals surface area contributed by atoms with Gasteiger partial charge in [-0.05, 0) is 131 Å². The van der Waals surface area contributed by atoms with Gasteiger partial charge in [0.15, 0.2) is 17.5 Å². The molecule has 0 aliphatic heterocycles. The van der Waals surface area contributed by atoms with Crippen LogP contribution in [-0.2, 0) is 5.41 Å². The Kier molecular flexibility index (Phi) is 8.01. The summed E-state index contributed by atoms with van der Waals surface area (Å²) in [6.07, 6.45) is 8.57. The fourth-order valence-electron chi connectivity index (χ4n) is 11.2. The third kappa shape index (κ3) is 6.17. The second kappa shape index (κ2) is 13.7. The number of nitrogens with zero attached hydrogens (tertiary/aromatic N) is 3. The predicted octanol–water partition coefficient (Wildman–Crippen LogP) is 14.2. The van der Waals surface area contributed by atoms with Crippen LogP contribution in [0.15, 0.2) is 174 Å². The fourth-order valence-corrected chi connectivity index (χ4v) is 11.2. The number of aromatic nitrogens is 3. The van der Waals surface area contributed by atoms with E-state index in [1.165, 1.54) is 55.2 Å². The molecule has 0 saturated heterocycles. The van der Waals surface area contributed by atoms with Crippen molar-refractivity contribution in [3.05, 3.63) is 175 Å². The molecular formula is C55H43N3O. The molecule has 59 heavy (non-hydrogen) atoms. The summed E-state index contributed by atoms with van der Waals surface area (Å²) in [7, 11) is 0. The third-order valence-corrected chi connectivity index (χ3v) is 13.7. The largest absolute Gasteiger partial charge is 0.456 e. The highest BCUT2D eigenvalue weighted by molar-refractivity contribution is 6.07. The van der Waals surface area contributed by atoms with Crippen molar-refractivity contribution in [2.75, 3.05) is 0 Å². The zero-order chi connectivity index (χ0) is 38.9. The summed E-state index contributed by atoms with van der Waals surface area (Å²) in [5, 5.41) is 2.24. The van der Waals surface area contributed by atoms with Gasteiger partial charge >= 0.3 is 0 Å². The summed E-state index contributed by atoms with van der Waals surface area (Å²) in [5.41, 5.74) is 13.5. The molecule has 0 amide bonds. The van der Waals surface area contributed by atoms with Gasteiger partial charge in [-0.1, -0.05) is 140 Å². The summed E-state index contributed by atoms with van der Waals surface area (Å²) >= 11 is 0. The first-order valence-electron chi connectivity index (χ1n) is 21.2. The van der Waals surface area contributed by atoms with Gasteiger partial charge in [0, 0.05) is 27.5 Å². The van der Waals surface area contributed by atoms with E-state index < -0.39 is 0 Å². The van der Waals surface area contributed by atoms with Crippen LogP contribution >= 0.6 is 0 Å². The lowest BCUT2D eigenvalue weighted by Gasteiger charge is -2.57. The molecule has 4 aliphatic carbocycles. The lowest BCUT2D eigenvalue weighted by atomic mass is 9.48. The molecule has 4 heteroatoms. The van der Waals surface area contributed by atoms with Crippen molar-refractivity contribution in [2.45, 2.75) is 43.9 Å².